The van der Waals surface area contributed by atoms with Crippen LogP contribution < -0.4 is 15.5 Å². The Bertz CT molecular complexity index is 1110. The monoisotopic (exact) mass is 449 g/mol. The van der Waals surface area contributed by atoms with Gasteiger partial charge in [-0.25, -0.2) is 0 Å². The van der Waals surface area contributed by atoms with Crippen molar-refractivity contribution in [1.29, 1.82) is 0 Å². The predicted molar refractivity (Wildman–Crippen MR) is 124 cm³/mol. The molecule has 3 amide bonds. The number of benzene rings is 2. The van der Waals surface area contributed by atoms with E-state index in [0.29, 0.717) is 35.8 Å². The van der Waals surface area contributed by atoms with E-state index < -0.39 is 0 Å². The van der Waals surface area contributed by atoms with Crippen molar-refractivity contribution in [2.75, 3.05) is 22.1 Å². The number of hydrogen-bond acceptors (Lipinski definition) is 6. The van der Waals surface area contributed by atoms with Gasteiger partial charge in [0.2, 0.25) is 16.9 Å². The van der Waals surface area contributed by atoms with Gasteiger partial charge < -0.3 is 10.2 Å². The van der Waals surface area contributed by atoms with Crippen LogP contribution in [0.4, 0.5) is 16.5 Å². The van der Waals surface area contributed by atoms with Crippen molar-refractivity contribution in [3.8, 4) is 0 Å². The van der Waals surface area contributed by atoms with Gasteiger partial charge in [0.25, 0.3) is 5.91 Å². The van der Waals surface area contributed by atoms with E-state index in [1.807, 2.05) is 37.3 Å². The molecule has 0 bridgehead atoms. The predicted octanol–water partition coefficient (Wildman–Crippen LogP) is 4.05. The molecule has 0 aliphatic carbocycles. The molecule has 0 spiro atoms. The van der Waals surface area contributed by atoms with Crippen LogP contribution in [0.25, 0.3) is 0 Å². The van der Waals surface area contributed by atoms with E-state index in [1.54, 1.807) is 29.2 Å². The minimum Gasteiger partial charge on any atom is -0.326 e. The van der Waals surface area contributed by atoms with Crippen LogP contribution in [-0.4, -0.2) is 34.5 Å². The topological polar surface area (TPSA) is 104 Å². The Labute approximate surface area is 189 Å². The van der Waals surface area contributed by atoms with Gasteiger partial charge in [-0.2, -0.15) is 0 Å². The molecular formula is C23H23N5O3S. The Morgan fingerprint density at radius 1 is 1.06 bits per heavy atom. The average Bonchev–Trinajstić information content (AvgIpc) is 3.41. The molecule has 1 aliphatic heterocycles. The third-order valence-corrected chi connectivity index (χ3v) is 6.11. The largest absolute Gasteiger partial charge is 0.326 e. The lowest BCUT2D eigenvalue weighted by molar-refractivity contribution is -0.117. The lowest BCUT2D eigenvalue weighted by atomic mass is 10.1. The summed E-state index contributed by atoms with van der Waals surface area (Å²) >= 11 is 1.28. The summed E-state index contributed by atoms with van der Waals surface area (Å²) in [5, 5.41) is 14.9. The van der Waals surface area contributed by atoms with Crippen molar-refractivity contribution < 1.29 is 14.4 Å². The van der Waals surface area contributed by atoms with Gasteiger partial charge in [-0.15, -0.1) is 10.2 Å². The highest BCUT2D eigenvalue weighted by Gasteiger charge is 2.33. The van der Waals surface area contributed by atoms with E-state index in [4.69, 9.17) is 0 Å². The first-order valence-electron chi connectivity index (χ1n) is 10.4. The Kier molecular flexibility index (Phi) is 6.55. The van der Waals surface area contributed by atoms with Crippen LogP contribution >= 0.6 is 11.3 Å². The Balaban J connectivity index is 1.36. The molecule has 9 heteroatoms. The first kappa shape index (κ1) is 21.6. The lowest BCUT2D eigenvalue weighted by Gasteiger charge is -2.15. The van der Waals surface area contributed by atoms with Crippen molar-refractivity contribution >= 4 is 45.6 Å². The van der Waals surface area contributed by atoms with Gasteiger partial charge in [-0.1, -0.05) is 36.5 Å². The molecule has 4 rings (SSSR count). The number of nitrogens with zero attached hydrogens (tertiary/aromatic N) is 3. The number of amides is 3. The molecule has 1 fully saturated rings. The number of anilines is 3. The van der Waals surface area contributed by atoms with E-state index in [0.717, 1.165) is 17.1 Å². The smallest absolute Gasteiger partial charge is 0.257 e. The number of rotatable bonds is 7. The highest BCUT2D eigenvalue weighted by molar-refractivity contribution is 7.15. The van der Waals surface area contributed by atoms with Crippen LogP contribution in [0.3, 0.4) is 0 Å². The molecule has 32 heavy (non-hydrogen) atoms. The minimum atomic E-state index is -0.312. The van der Waals surface area contributed by atoms with Gasteiger partial charge in [0.1, 0.15) is 5.01 Å². The van der Waals surface area contributed by atoms with Gasteiger partial charge in [0.05, 0.1) is 0 Å². The van der Waals surface area contributed by atoms with Crippen LogP contribution in [0.1, 0.15) is 47.5 Å². The second-order valence-corrected chi connectivity index (χ2v) is 8.53. The van der Waals surface area contributed by atoms with Crippen LogP contribution in [0, 0.1) is 0 Å². The van der Waals surface area contributed by atoms with E-state index >= 15 is 0 Å². The van der Waals surface area contributed by atoms with Crippen molar-refractivity contribution in [1.82, 2.24) is 10.2 Å². The van der Waals surface area contributed by atoms with E-state index in [-0.39, 0.29) is 23.6 Å². The summed E-state index contributed by atoms with van der Waals surface area (Å²) in [5.74, 6) is -0.375. The number of aromatic nitrogens is 2. The normalized spacial score (nSPS) is 15.6. The molecule has 1 unspecified atom stereocenters. The third-order valence-electron chi connectivity index (χ3n) is 5.11. The Morgan fingerprint density at radius 2 is 1.81 bits per heavy atom. The number of hydrogen-bond donors (Lipinski definition) is 2. The number of carbonyl (C=O) groups excluding carboxylic acids is 3. The summed E-state index contributed by atoms with van der Waals surface area (Å²) in [6.07, 6.45) is 1.59. The fourth-order valence-corrected chi connectivity index (χ4v) is 4.33. The molecule has 1 aromatic heterocycles. The summed E-state index contributed by atoms with van der Waals surface area (Å²) < 4.78 is 0. The quantitative estimate of drug-likeness (QED) is 0.566. The third kappa shape index (κ3) is 5.00. The van der Waals surface area contributed by atoms with E-state index in [9.17, 15) is 14.4 Å². The van der Waals surface area contributed by atoms with Gasteiger partial charge >= 0.3 is 0 Å². The highest BCUT2D eigenvalue weighted by Crippen LogP contribution is 2.34. The van der Waals surface area contributed by atoms with Crippen LogP contribution in [0.15, 0.2) is 54.6 Å². The summed E-state index contributed by atoms with van der Waals surface area (Å²) in [6.45, 7) is 2.48. The molecule has 1 aliphatic rings. The van der Waals surface area contributed by atoms with Gasteiger partial charge in [0, 0.05) is 42.2 Å². The van der Waals surface area contributed by atoms with Crippen molar-refractivity contribution in [2.45, 2.75) is 32.1 Å². The summed E-state index contributed by atoms with van der Waals surface area (Å²) in [5.41, 5.74) is 1.96. The molecule has 1 atom stereocenters. The number of nitrogens with one attached hydrogen (secondary N) is 2. The summed E-state index contributed by atoms with van der Waals surface area (Å²) in [4.78, 5) is 38.4. The van der Waals surface area contributed by atoms with Gasteiger partial charge in [-0.3, -0.25) is 19.7 Å². The Hall–Kier alpha value is -3.59. The number of para-hydroxylation sites is 1. The maximum absolute atomic E-state index is 12.5. The van der Waals surface area contributed by atoms with Crippen molar-refractivity contribution in [3.63, 3.8) is 0 Å². The molecule has 2 aromatic carbocycles. The summed E-state index contributed by atoms with van der Waals surface area (Å²) in [6, 6.07) is 16.2. The van der Waals surface area contributed by atoms with Crippen molar-refractivity contribution in [3.05, 3.63) is 65.2 Å². The van der Waals surface area contributed by atoms with Crippen LogP contribution in [-0.2, 0) is 9.59 Å². The van der Waals surface area contributed by atoms with Crippen LogP contribution in [0.2, 0.25) is 0 Å². The van der Waals surface area contributed by atoms with Crippen molar-refractivity contribution in [2.24, 2.45) is 0 Å². The van der Waals surface area contributed by atoms with E-state index in [2.05, 4.69) is 20.8 Å². The maximum atomic E-state index is 12.5. The maximum Gasteiger partial charge on any atom is 0.257 e. The van der Waals surface area contributed by atoms with Gasteiger partial charge in [-0.05, 0) is 42.8 Å². The molecule has 2 heterocycles. The molecule has 8 nitrogen and oxygen atoms in total. The Morgan fingerprint density at radius 3 is 2.53 bits per heavy atom. The SMILES string of the molecule is CCCC(=O)Nc1ccc(C(=O)Nc2nnc(C3CC(=O)N(c4ccccc4)C3)s2)cc1. The molecule has 0 radical (unpaired) electrons. The molecule has 2 N–H and O–H groups in total. The fourth-order valence-electron chi connectivity index (χ4n) is 3.51. The zero-order chi connectivity index (χ0) is 22.5. The molecule has 3 aromatic rings. The second-order valence-electron chi connectivity index (χ2n) is 7.52. The van der Waals surface area contributed by atoms with E-state index in [1.165, 1.54) is 11.3 Å². The summed E-state index contributed by atoms with van der Waals surface area (Å²) in [7, 11) is 0. The molecule has 0 saturated carbocycles. The molecule has 164 valence electrons. The average molecular weight is 450 g/mol. The second kappa shape index (κ2) is 9.69. The zero-order valence-corrected chi connectivity index (χ0v) is 18.4. The molecule has 1 saturated heterocycles. The van der Waals surface area contributed by atoms with Gasteiger partial charge in [0.15, 0.2) is 0 Å². The highest BCUT2D eigenvalue weighted by atomic mass is 32.1. The number of carbonyl (C=O) groups is 3. The fraction of sp³-hybridized carbons (Fsp3) is 0.261. The molecular weight excluding hydrogens is 426 g/mol. The standard InChI is InChI=1S/C23H23N5O3S/c1-2-6-19(29)24-17-11-9-15(10-12-17)21(31)25-23-27-26-22(32-23)16-13-20(30)28(14-16)18-7-4-3-5-8-18/h3-5,7-12,16H,2,6,13-14H2,1H3,(H,24,29)(H,25,27,31). The minimum absolute atomic E-state index is 0.0492. The zero-order valence-electron chi connectivity index (χ0n) is 17.6. The first-order chi connectivity index (χ1) is 15.5. The lowest BCUT2D eigenvalue weighted by Crippen LogP contribution is -2.24. The van der Waals surface area contributed by atoms with Crippen LogP contribution in [0.5, 0.6) is 0 Å². The first-order valence-corrected chi connectivity index (χ1v) is 11.2.